The van der Waals surface area contributed by atoms with Crippen molar-refractivity contribution in [3.05, 3.63) is 23.8 Å². The van der Waals surface area contributed by atoms with E-state index in [1.807, 2.05) is 6.08 Å². The maximum Gasteiger partial charge on any atom is 0.0678 e. The number of hydrogen-bond acceptors (Lipinski definition) is 1. The Balaban J connectivity index is 2.66. The van der Waals surface area contributed by atoms with E-state index in [9.17, 15) is 0 Å². The molecule has 1 heteroatoms. The van der Waals surface area contributed by atoms with Crippen molar-refractivity contribution in [3.8, 4) is 0 Å². The Morgan fingerprint density at radius 2 is 2.10 bits per heavy atom. The summed E-state index contributed by atoms with van der Waals surface area (Å²) >= 11 is 0. The van der Waals surface area contributed by atoms with Gasteiger partial charge in [-0.1, -0.05) is 32.1 Å². The van der Waals surface area contributed by atoms with E-state index in [-0.39, 0.29) is 6.61 Å². The lowest BCUT2D eigenvalue weighted by molar-refractivity contribution is 0.331. The Hall–Kier alpha value is -0.560. The van der Waals surface area contributed by atoms with Gasteiger partial charge in [-0.15, -0.1) is 0 Å². The van der Waals surface area contributed by atoms with Crippen molar-refractivity contribution in [2.75, 3.05) is 6.61 Å². The minimum atomic E-state index is 0.174. The Kier molecular flexibility index (Phi) is 2.28. The summed E-state index contributed by atoms with van der Waals surface area (Å²) in [6, 6.07) is 0. The Labute approximate surface area is 62.1 Å². The Bertz CT molecular complexity index is 168. The second kappa shape index (κ2) is 3.02. The molecule has 0 saturated heterocycles. The van der Waals surface area contributed by atoms with Gasteiger partial charge < -0.3 is 5.11 Å². The monoisotopic (exact) mass is 138 g/mol. The van der Waals surface area contributed by atoms with E-state index in [4.69, 9.17) is 5.11 Å². The lowest BCUT2D eigenvalue weighted by Gasteiger charge is -2.17. The first-order chi connectivity index (χ1) is 4.74. The smallest absolute Gasteiger partial charge is 0.0678 e. The molecule has 1 unspecified atom stereocenters. The summed E-state index contributed by atoms with van der Waals surface area (Å²) in [6.07, 6.45) is 6.28. The van der Waals surface area contributed by atoms with Crippen molar-refractivity contribution < 1.29 is 5.11 Å². The third kappa shape index (κ3) is 1.48. The molecule has 1 N–H and O–H groups in total. The number of aliphatic hydroxyl groups is 1. The van der Waals surface area contributed by atoms with Crippen LogP contribution in [0.2, 0.25) is 0 Å². The van der Waals surface area contributed by atoms with E-state index in [1.165, 1.54) is 0 Å². The molecule has 0 radical (unpaired) electrons. The lowest BCUT2D eigenvalue weighted by Crippen LogP contribution is -2.07. The molecule has 0 saturated carbocycles. The van der Waals surface area contributed by atoms with E-state index in [2.05, 4.69) is 26.0 Å². The molecule has 0 fully saturated rings. The molecule has 0 bridgehead atoms. The highest BCUT2D eigenvalue weighted by Gasteiger charge is 2.10. The van der Waals surface area contributed by atoms with Gasteiger partial charge in [0.2, 0.25) is 0 Å². The molecule has 0 spiro atoms. The van der Waals surface area contributed by atoms with Gasteiger partial charge in [0.1, 0.15) is 0 Å². The summed E-state index contributed by atoms with van der Waals surface area (Å²) in [5.41, 5.74) is 1.05. The molecule has 2 atom stereocenters. The van der Waals surface area contributed by atoms with Crippen LogP contribution >= 0.6 is 0 Å². The van der Waals surface area contributed by atoms with Gasteiger partial charge in [0.15, 0.2) is 0 Å². The van der Waals surface area contributed by atoms with Gasteiger partial charge >= 0.3 is 0 Å². The minimum Gasteiger partial charge on any atom is -0.392 e. The average Bonchev–Trinajstić information content (AvgIpc) is 1.95. The molecule has 0 amide bonds. The average molecular weight is 138 g/mol. The van der Waals surface area contributed by atoms with Gasteiger partial charge in [0, 0.05) is 0 Å². The van der Waals surface area contributed by atoms with Crippen LogP contribution in [0.15, 0.2) is 23.8 Å². The van der Waals surface area contributed by atoms with E-state index < -0.39 is 0 Å². The van der Waals surface area contributed by atoms with Crippen molar-refractivity contribution in [1.29, 1.82) is 0 Å². The first kappa shape index (κ1) is 7.55. The summed E-state index contributed by atoms with van der Waals surface area (Å²) < 4.78 is 0. The predicted octanol–water partition coefficient (Wildman–Crippen LogP) is 1.75. The van der Waals surface area contributed by atoms with Crippen LogP contribution in [0.1, 0.15) is 13.8 Å². The maximum absolute atomic E-state index is 8.78. The number of rotatable bonds is 1. The molecule has 0 aromatic rings. The molecule has 1 nitrogen and oxygen atoms in total. The maximum atomic E-state index is 8.78. The van der Waals surface area contributed by atoms with Gasteiger partial charge in [-0.25, -0.2) is 0 Å². The third-order valence-electron chi connectivity index (χ3n) is 2.10. The van der Waals surface area contributed by atoms with Gasteiger partial charge in [0.05, 0.1) is 6.61 Å². The minimum absolute atomic E-state index is 0.174. The molecule has 0 aromatic heterocycles. The molecule has 0 heterocycles. The molecular formula is C9H14O. The summed E-state index contributed by atoms with van der Waals surface area (Å²) in [5.74, 6) is 1.20. The topological polar surface area (TPSA) is 20.2 Å². The summed E-state index contributed by atoms with van der Waals surface area (Å²) in [6.45, 7) is 4.53. The fraction of sp³-hybridized carbons (Fsp3) is 0.556. The summed E-state index contributed by atoms with van der Waals surface area (Å²) in [7, 11) is 0. The normalized spacial score (nSPS) is 32.1. The molecular weight excluding hydrogens is 124 g/mol. The van der Waals surface area contributed by atoms with Crippen molar-refractivity contribution in [3.63, 3.8) is 0 Å². The zero-order chi connectivity index (χ0) is 7.56. The summed E-state index contributed by atoms with van der Waals surface area (Å²) in [4.78, 5) is 0. The second-order valence-corrected chi connectivity index (χ2v) is 2.98. The second-order valence-electron chi connectivity index (χ2n) is 2.98. The van der Waals surface area contributed by atoms with Crippen LogP contribution < -0.4 is 0 Å². The standard InChI is InChI=1S/C9H14O/c1-7-3-4-9(6-10)5-8(7)2/h3-5,7-8,10H,6H2,1-2H3/t7?,8-/m0/s1. The van der Waals surface area contributed by atoms with E-state index in [0.717, 1.165) is 5.57 Å². The Morgan fingerprint density at radius 3 is 2.60 bits per heavy atom. The number of allylic oxidation sites excluding steroid dienone is 2. The van der Waals surface area contributed by atoms with E-state index in [0.29, 0.717) is 11.8 Å². The van der Waals surface area contributed by atoms with Crippen LogP contribution in [0.5, 0.6) is 0 Å². The van der Waals surface area contributed by atoms with Crippen molar-refractivity contribution >= 4 is 0 Å². The number of hydrogen-bond donors (Lipinski definition) is 1. The summed E-state index contributed by atoms with van der Waals surface area (Å²) in [5, 5.41) is 8.78. The van der Waals surface area contributed by atoms with Gasteiger partial charge in [0.25, 0.3) is 0 Å². The highest BCUT2D eigenvalue weighted by Crippen LogP contribution is 2.21. The van der Waals surface area contributed by atoms with Crippen LogP contribution in [-0.4, -0.2) is 11.7 Å². The fourth-order valence-electron chi connectivity index (χ4n) is 1.10. The largest absolute Gasteiger partial charge is 0.392 e. The molecule has 1 aliphatic carbocycles. The van der Waals surface area contributed by atoms with Gasteiger partial charge in [-0.3, -0.25) is 0 Å². The first-order valence-corrected chi connectivity index (χ1v) is 3.74. The van der Waals surface area contributed by atoms with Crippen LogP contribution in [0, 0.1) is 11.8 Å². The molecule has 1 rings (SSSR count). The quantitative estimate of drug-likeness (QED) is 0.585. The third-order valence-corrected chi connectivity index (χ3v) is 2.10. The van der Waals surface area contributed by atoms with Crippen molar-refractivity contribution in [1.82, 2.24) is 0 Å². The lowest BCUT2D eigenvalue weighted by atomic mass is 9.89. The van der Waals surface area contributed by atoms with Crippen LogP contribution in [0.4, 0.5) is 0 Å². The number of aliphatic hydroxyl groups excluding tert-OH is 1. The first-order valence-electron chi connectivity index (χ1n) is 3.74. The van der Waals surface area contributed by atoms with E-state index in [1.54, 1.807) is 0 Å². The van der Waals surface area contributed by atoms with Crippen LogP contribution in [0.3, 0.4) is 0 Å². The SMILES string of the molecule is CC1C=CC(CO)=C[C@@H]1C. The molecule has 0 aromatic carbocycles. The van der Waals surface area contributed by atoms with Crippen LogP contribution in [0.25, 0.3) is 0 Å². The van der Waals surface area contributed by atoms with Gasteiger partial charge in [-0.2, -0.15) is 0 Å². The molecule has 56 valence electrons. The Morgan fingerprint density at radius 1 is 1.40 bits per heavy atom. The molecule has 1 aliphatic rings. The zero-order valence-electron chi connectivity index (χ0n) is 6.54. The van der Waals surface area contributed by atoms with Crippen LogP contribution in [-0.2, 0) is 0 Å². The fourth-order valence-corrected chi connectivity index (χ4v) is 1.10. The molecule has 0 aliphatic heterocycles. The van der Waals surface area contributed by atoms with Gasteiger partial charge in [-0.05, 0) is 17.4 Å². The predicted molar refractivity (Wildman–Crippen MR) is 42.6 cm³/mol. The van der Waals surface area contributed by atoms with E-state index >= 15 is 0 Å². The van der Waals surface area contributed by atoms with Crippen molar-refractivity contribution in [2.24, 2.45) is 11.8 Å². The highest BCUT2D eigenvalue weighted by atomic mass is 16.3. The highest BCUT2D eigenvalue weighted by molar-refractivity contribution is 5.24. The van der Waals surface area contributed by atoms with Crippen molar-refractivity contribution in [2.45, 2.75) is 13.8 Å². The zero-order valence-corrected chi connectivity index (χ0v) is 6.54. The molecule has 10 heavy (non-hydrogen) atoms.